The van der Waals surface area contributed by atoms with Crippen LogP contribution in [0.1, 0.15) is 116 Å². The fourth-order valence-electron chi connectivity index (χ4n) is 7.38. The Morgan fingerprint density at radius 1 is 1.06 bits per heavy atom. The summed E-state index contributed by atoms with van der Waals surface area (Å²) in [4.78, 5) is 51.6. The molecule has 1 aromatic heterocycles. The van der Waals surface area contributed by atoms with Gasteiger partial charge in [-0.2, -0.15) is 4.98 Å². The second-order valence-corrected chi connectivity index (χ2v) is 14.2. The van der Waals surface area contributed by atoms with Crippen molar-refractivity contribution in [3.05, 3.63) is 35.8 Å². The standard InChI is InChI=1S/C37H53FN6O4/c1-5-31-35(46)43(4)32-23-39-37(42-34(32)44(31)26-14-9-10-15-26)41-29-20-19-25(22-28(29)38)13-7-6-8-18-33(45)40-30(21-24(2)3)36(47)48-27-16-11-12-17-27/h19-20,22-24,26-27,30-31H,5-18,21H2,1-4H3,(H,40,45)(H,39,41,42)/t30-,31+/m0/s1. The Bertz CT molecular complexity index is 1420. The van der Waals surface area contributed by atoms with Crippen molar-refractivity contribution in [1.82, 2.24) is 15.3 Å². The molecular formula is C37H53FN6O4. The van der Waals surface area contributed by atoms with E-state index in [0.717, 1.165) is 75.6 Å². The van der Waals surface area contributed by atoms with Crippen LogP contribution in [0.5, 0.6) is 0 Å². The van der Waals surface area contributed by atoms with Crippen LogP contribution in [-0.4, -0.2) is 59.0 Å². The number of fused-ring (bicyclic) bond motifs is 1. The molecular weight excluding hydrogens is 611 g/mol. The lowest BCUT2D eigenvalue weighted by Gasteiger charge is -2.43. The van der Waals surface area contributed by atoms with Gasteiger partial charge in [0, 0.05) is 19.5 Å². The van der Waals surface area contributed by atoms with E-state index in [9.17, 15) is 14.4 Å². The molecule has 2 saturated carbocycles. The molecule has 10 nitrogen and oxygen atoms in total. The van der Waals surface area contributed by atoms with Gasteiger partial charge in [0.15, 0.2) is 5.82 Å². The number of nitrogens with zero attached hydrogens (tertiary/aromatic N) is 4. The molecule has 48 heavy (non-hydrogen) atoms. The van der Waals surface area contributed by atoms with Crippen LogP contribution in [0, 0.1) is 11.7 Å². The third-order valence-electron chi connectivity index (χ3n) is 9.97. The highest BCUT2D eigenvalue weighted by molar-refractivity contribution is 6.04. The van der Waals surface area contributed by atoms with Crippen molar-refractivity contribution in [2.45, 2.75) is 141 Å². The zero-order valence-electron chi connectivity index (χ0n) is 29.1. The van der Waals surface area contributed by atoms with Crippen LogP contribution in [0.3, 0.4) is 0 Å². The maximum atomic E-state index is 15.2. The Morgan fingerprint density at radius 3 is 2.48 bits per heavy atom. The number of hydrogen-bond acceptors (Lipinski definition) is 8. The van der Waals surface area contributed by atoms with Crippen molar-refractivity contribution >= 4 is 40.9 Å². The van der Waals surface area contributed by atoms with Gasteiger partial charge in [0.1, 0.15) is 29.7 Å². The number of halogens is 1. The number of hydrogen-bond donors (Lipinski definition) is 2. The number of amides is 2. The van der Waals surface area contributed by atoms with Gasteiger partial charge in [-0.1, -0.05) is 46.1 Å². The number of carbonyl (C=O) groups excluding carboxylic acids is 3. The highest BCUT2D eigenvalue weighted by Gasteiger charge is 2.41. The molecule has 0 spiro atoms. The molecule has 5 rings (SSSR count). The molecule has 2 amide bonds. The van der Waals surface area contributed by atoms with Crippen LogP contribution < -0.4 is 20.4 Å². The average molecular weight is 665 g/mol. The summed E-state index contributed by atoms with van der Waals surface area (Å²) < 4.78 is 20.9. The third kappa shape index (κ3) is 8.82. The molecule has 3 aliphatic rings. The smallest absolute Gasteiger partial charge is 0.328 e. The van der Waals surface area contributed by atoms with Crippen LogP contribution in [0.15, 0.2) is 24.4 Å². The Hall–Kier alpha value is -3.76. The first-order valence-corrected chi connectivity index (χ1v) is 18.1. The van der Waals surface area contributed by atoms with Gasteiger partial charge >= 0.3 is 5.97 Å². The summed E-state index contributed by atoms with van der Waals surface area (Å²) in [6, 6.07) is 4.51. The average Bonchev–Trinajstić information content (AvgIpc) is 3.78. The van der Waals surface area contributed by atoms with Gasteiger partial charge in [-0.3, -0.25) is 9.59 Å². The molecule has 2 atom stereocenters. The van der Waals surface area contributed by atoms with Crippen molar-refractivity contribution in [2.75, 3.05) is 22.2 Å². The highest BCUT2D eigenvalue weighted by Crippen LogP contribution is 2.40. The van der Waals surface area contributed by atoms with Gasteiger partial charge in [-0.25, -0.2) is 14.2 Å². The number of aryl methyl sites for hydroxylation is 1. The summed E-state index contributed by atoms with van der Waals surface area (Å²) in [5.41, 5.74) is 1.84. The number of carbonyl (C=O) groups is 3. The fourth-order valence-corrected chi connectivity index (χ4v) is 7.38. The first kappa shape index (κ1) is 35.5. The van der Waals surface area contributed by atoms with Crippen molar-refractivity contribution in [2.24, 2.45) is 5.92 Å². The zero-order chi connectivity index (χ0) is 34.2. The van der Waals surface area contributed by atoms with E-state index in [1.54, 1.807) is 24.2 Å². The molecule has 2 fully saturated rings. The largest absolute Gasteiger partial charge is 0.461 e. The summed E-state index contributed by atoms with van der Waals surface area (Å²) in [5, 5.41) is 5.97. The first-order valence-electron chi connectivity index (χ1n) is 18.1. The molecule has 262 valence electrons. The van der Waals surface area contributed by atoms with Crippen molar-refractivity contribution in [1.29, 1.82) is 0 Å². The van der Waals surface area contributed by atoms with Crippen LogP contribution in [0.2, 0.25) is 0 Å². The van der Waals surface area contributed by atoms with Gasteiger partial charge in [-0.15, -0.1) is 0 Å². The number of benzene rings is 1. The van der Waals surface area contributed by atoms with E-state index in [2.05, 4.69) is 20.5 Å². The Kier molecular flexibility index (Phi) is 12.3. The van der Waals surface area contributed by atoms with Crippen molar-refractivity contribution < 1.29 is 23.5 Å². The minimum atomic E-state index is -0.607. The lowest BCUT2D eigenvalue weighted by Crippen LogP contribution is -2.55. The number of nitrogens with one attached hydrogen (secondary N) is 2. The number of ether oxygens (including phenoxy) is 1. The number of esters is 1. The predicted octanol–water partition coefficient (Wildman–Crippen LogP) is 6.98. The monoisotopic (exact) mass is 664 g/mol. The summed E-state index contributed by atoms with van der Waals surface area (Å²) in [7, 11) is 1.76. The van der Waals surface area contributed by atoms with E-state index in [1.807, 2.05) is 26.8 Å². The van der Waals surface area contributed by atoms with Gasteiger partial charge in [-0.05, 0) is 94.2 Å². The number of likely N-dealkylation sites (N-methyl/N-ethyl adjacent to an activating group) is 1. The second kappa shape index (κ2) is 16.6. The van der Waals surface area contributed by atoms with Crippen LogP contribution in [-0.2, 0) is 25.5 Å². The molecule has 0 unspecified atom stereocenters. The minimum absolute atomic E-state index is 0.0214. The molecule has 2 aromatic rings. The lowest BCUT2D eigenvalue weighted by molar-refractivity contribution is -0.153. The van der Waals surface area contributed by atoms with E-state index in [4.69, 9.17) is 9.72 Å². The molecule has 11 heteroatoms. The number of unbranched alkanes of at least 4 members (excludes halogenated alkanes) is 2. The quantitative estimate of drug-likeness (QED) is 0.155. The van der Waals surface area contributed by atoms with Crippen LogP contribution in [0.25, 0.3) is 0 Å². The Morgan fingerprint density at radius 2 is 1.79 bits per heavy atom. The van der Waals surface area contributed by atoms with Gasteiger partial charge < -0.3 is 25.2 Å². The molecule has 0 bridgehead atoms. The molecule has 1 aliphatic heterocycles. The number of anilines is 4. The van der Waals surface area contributed by atoms with E-state index in [1.165, 1.54) is 6.07 Å². The molecule has 2 N–H and O–H groups in total. The van der Waals surface area contributed by atoms with Gasteiger partial charge in [0.05, 0.1) is 11.9 Å². The summed E-state index contributed by atoms with van der Waals surface area (Å²) in [6.07, 6.45) is 14.5. The van der Waals surface area contributed by atoms with Crippen molar-refractivity contribution in [3.63, 3.8) is 0 Å². The maximum absolute atomic E-state index is 15.2. The maximum Gasteiger partial charge on any atom is 0.328 e. The molecule has 2 aliphatic carbocycles. The van der Waals surface area contributed by atoms with Gasteiger partial charge in [0.2, 0.25) is 17.8 Å². The third-order valence-corrected chi connectivity index (χ3v) is 9.97. The topological polar surface area (TPSA) is 117 Å². The summed E-state index contributed by atoms with van der Waals surface area (Å²) >= 11 is 0. The van der Waals surface area contributed by atoms with E-state index >= 15 is 4.39 Å². The fraction of sp³-hybridized carbons (Fsp3) is 0.649. The SMILES string of the molecule is CC[C@@H]1C(=O)N(C)c2cnc(Nc3ccc(CCCCCC(=O)N[C@@H](CC(C)C)C(=O)OC4CCCC4)cc3F)nc2N1C1CCCC1. The molecule has 0 saturated heterocycles. The Labute approximate surface area is 284 Å². The normalized spacial score (nSPS) is 19.1. The molecule has 2 heterocycles. The Balaban J connectivity index is 1.11. The first-order chi connectivity index (χ1) is 23.1. The number of rotatable bonds is 15. The van der Waals surface area contributed by atoms with E-state index in [0.29, 0.717) is 43.7 Å². The molecule has 1 aromatic carbocycles. The summed E-state index contributed by atoms with van der Waals surface area (Å²) in [5.74, 6) is 0.485. The summed E-state index contributed by atoms with van der Waals surface area (Å²) in [6.45, 7) is 6.09. The van der Waals surface area contributed by atoms with Crippen LogP contribution >= 0.6 is 0 Å². The second-order valence-electron chi connectivity index (χ2n) is 14.2. The highest BCUT2D eigenvalue weighted by atomic mass is 19.1. The van der Waals surface area contributed by atoms with Crippen LogP contribution in [0.4, 0.5) is 27.5 Å². The molecule has 0 radical (unpaired) electrons. The van der Waals surface area contributed by atoms with E-state index < -0.39 is 6.04 Å². The van der Waals surface area contributed by atoms with Gasteiger partial charge in [0.25, 0.3) is 0 Å². The predicted molar refractivity (Wildman–Crippen MR) is 186 cm³/mol. The number of aromatic nitrogens is 2. The minimum Gasteiger partial charge on any atom is -0.461 e. The van der Waals surface area contributed by atoms with Crippen molar-refractivity contribution in [3.8, 4) is 0 Å². The van der Waals surface area contributed by atoms with E-state index in [-0.39, 0.29) is 53.4 Å². The zero-order valence-corrected chi connectivity index (χ0v) is 29.1. The lowest BCUT2D eigenvalue weighted by atomic mass is 10.0.